The number of nitrogen functional groups attached to an aromatic ring is 1. The van der Waals surface area contributed by atoms with Gasteiger partial charge in [-0.25, -0.2) is 4.79 Å². The predicted molar refractivity (Wildman–Crippen MR) is 83.5 cm³/mol. The zero-order valence-electron chi connectivity index (χ0n) is 12.5. The minimum Gasteiger partial charge on any atom is -0.462 e. The molecule has 5 heteroatoms. The highest BCUT2D eigenvalue weighted by molar-refractivity contribution is 5.98. The number of rotatable bonds is 5. The summed E-state index contributed by atoms with van der Waals surface area (Å²) in [7, 11) is 0. The van der Waals surface area contributed by atoms with Gasteiger partial charge in [0, 0.05) is 19.2 Å². The second kappa shape index (κ2) is 7.31. The Balaban J connectivity index is 2.29. The number of piperidine rings is 1. The molecular formula is C16H24N2O3. The average Bonchev–Trinajstić information content (AvgIpc) is 2.49. The second-order valence-corrected chi connectivity index (χ2v) is 5.31. The summed E-state index contributed by atoms with van der Waals surface area (Å²) in [6.07, 6.45) is 4.04. The van der Waals surface area contributed by atoms with Crippen LogP contribution in [0.25, 0.3) is 0 Å². The molecule has 0 radical (unpaired) electrons. The van der Waals surface area contributed by atoms with Gasteiger partial charge in [-0.2, -0.15) is 0 Å². The molecule has 0 saturated carbocycles. The van der Waals surface area contributed by atoms with Crippen LogP contribution in [0.2, 0.25) is 0 Å². The van der Waals surface area contributed by atoms with Gasteiger partial charge in [-0.1, -0.05) is 6.07 Å². The predicted octanol–water partition coefficient (Wildman–Crippen LogP) is 2.19. The molecule has 2 rings (SSSR count). The maximum atomic E-state index is 11.9. The summed E-state index contributed by atoms with van der Waals surface area (Å²) in [6.45, 7) is 3.18. The van der Waals surface area contributed by atoms with Gasteiger partial charge in [0.1, 0.15) is 0 Å². The van der Waals surface area contributed by atoms with E-state index in [2.05, 4.69) is 4.90 Å². The number of para-hydroxylation sites is 1. The van der Waals surface area contributed by atoms with Crippen LogP contribution in [-0.4, -0.2) is 36.9 Å². The lowest BCUT2D eigenvalue weighted by atomic mass is 9.97. The Morgan fingerprint density at radius 1 is 1.48 bits per heavy atom. The summed E-state index contributed by atoms with van der Waals surface area (Å²) < 4.78 is 5.05. The van der Waals surface area contributed by atoms with E-state index in [-0.39, 0.29) is 18.6 Å². The highest BCUT2D eigenvalue weighted by Crippen LogP contribution is 2.33. The van der Waals surface area contributed by atoms with Gasteiger partial charge in [0.2, 0.25) is 0 Å². The van der Waals surface area contributed by atoms with E-state index in [0.717, 1.165) is 31.5 Å². The molecule has 5 nitrogen and oxygen atoms in total. The first kappa shape index (κ1) is 15.6. The number of benzene rings is 1. The van der Waals surface area contributed by atoms with Crippen molar-refractivity contribution in [3.8, 4) is 0 Å². The number of aliphatic hydroxyl groups is 1. The summed E-state index contributed by atoms with van der Waals surface area (Å²) in [6, 6.07) is 5.75. The van der Waals surface area contributed by atoms with Gasteiger partial charge in [0.05, 0.1) is 23.5 Å². The van der Waals surface area contributed by atoms with Crippen LogP contribution in [0.1, 0.15) is 43.0 Å². The fraction of sp³-hybridized carbons (Fsp3) is 0.562. The number of ether oxygens (including phenoxy) is 1. The maximum absolute atomic E-state index is 11.9. The number of esters is 1. The first-order valence-corrected chi connectivity index (χ1v) is 7.62. The summed E-state index contributed by atoms with van der Waals surface area (Å²) in [4.78, 5) is 14.2. The summed E-state index contributed by atoms with van der Waals surface area (Å²) in [5, 5.41) is 9.23. The molecule has 1 heterocycles. The van der Waals surface area contributed by atoms with Gasteiger partial charge in [0.15, 0.2) is 0 Å². The fourth-order valence-corrected chi connectivity index (χ4v) is 2.96. The summed E-state index contributed by atoms with van der Waals surface area (Å²) in [5.74, 6) is -0.382. The Bertz CT molecular complexity index is 488. The summed E-state index contributed by atoms with van der Waals surface area (Å²) >= 11 is 0. The number of nitrogens with two attached hydrogens (primary N) is 1. The second-order valence-electron chi connectivity index (χ2n) is 5.31. The van der Waals surface area contributed by atoms with Crippen molar-refractivity contribution in [1.82, 2.24) is 0 Å². The molecule has 1 atom stereocenters. The van der Waals surface area contributed by atoms with Gasteiger partial charge < -0.3 is 20.5 Å². The number of hydrogen-bond donors (Lipinski definition) is 2. The van der Waals surface area contributed by atoms with Gasteiger partial charge >= 0.3 is 5.97 Å². The number of anilines is 2. The molecule has 1 aromatic rings. The number of hydrogen-bond acceptors (Lipinski definition) is 5. The maximum Gasteiger partial charge on any atom is 0.340 e. The largest absolute Gasteiger partial charge is 0.462 e. The van der Waals surface area contributed by atoms with Crippen molar-refractivity contribution in [2.45, 2.75) is 38.6 Å². The Labute approximate surface area is 125 Å². The van der Waals surface area contributed by atoms with E-state index in [1.165, 1.54) is 6.42 Å². The molecule has 1 aliphatic heterocycles. The van der Waals surface area contributed by atoms with Crippen molar-refractivity contribution in [3.63, 3.8) is 0 Å². The Morgan fingerprint density at radius 3 is 3.00 bits per heavy atom. The van der Waals surface area contributed by atoms with E-state index >= 15 is 0 Å². The quantitative estimate of drug-likeness (QED) is 0.642. The molecule has 0 aliphatic carbocycles. The number of carbonyl (C=O) groups excluding carboxylic acids is 1. The van der Waals surface area contributed by atoms with Gasteiger partial charge in [-0.15, -0.1) is 0 Å². The van der Waals surface area contributed by atoms with Crippen molar-refractivity contribution in [3.05, 3.63) is 23.8 Å². The molecule has 0 spiro atoms. The molecule has 1 aromatic carbocycles. The van der Waals surface area contributed by atoms with Gasteiger partial charge in [-0.3, -0.25) is 0 Å². The smallest absolute Gasteiger partial charge is 0.340 e. The van der Waals surface area contributed by atoms with Gasteiger partial charge in [-0.05, 0) is 44.7 Å². The lowest BCUT2D eigenvalue weighted by Crippen LogP contribution is -2.40. The number of aliphatic hydroxyl groups excluding tert-OH is 1. The monoisotopic (exact) mass is 292 g/mol. The molecule has 0 aromatic heterocycles. The van der Waals surface area contributed by atoms with Crippen LogP contribution in [-0.2, 0) is 4.74 Å². The SMILES string of the molecule is CCOC(=O)c1cccc(N2CCCCC2CCO)c1N. The van der Waals surface area contributed by atoms with E-state index < -0.39 is 0 Å². The molecule has 0 bridgehead atoms. The minimum atomic E-state index is -0.382. The standard InChI is InChI=1S/C16H24N2O3/c1-2-21-16(20)13-7-5-8-14(15(13)17)18-10-4-3-6-12(18)9-11-19/h5,7-8,12,19H,2-4,6,9-11,17H2,1H3. The molecule has 1 saturated heterocycles. The topological polar surface area (TPSA) is 75.8 Å². The van der Waals surface area contributed by atoms with E-state index in [0.29, 0.717) is 17.9 Å². The third kappa shape index (κ3) is 3.47. The zero-order chi connectivity index (χ0) is 15.2. The lowest BCUT2D eigenvalue weighted by Gasteiger charge is -2.38. The minimum absolute atomic E-state index is 0.165. The third-order valence-corrected chi connectivity index (χ3v) is 3.98. The zero-order valence-corrected chi connectivity index (χ0v) is 12.5. The average molecular weight is 292 g/mol. The normalized spacial score (nSPS) is 18.6. The number of carbonyl (C=O) groups is 1. The van der Waals surface area contributed by atoms with E-state index in [1.54, 1.807) is 13.0 Å². The van der Waals surface area contributed by atoms with Crippen molar-refractivity contribution < 1.29 is 14.6 Å². The molecule has 1 unspecified atom stereocenters. The molecule has 116 valence electrons. The molecule has 1 aliphatic rings. The van der Waals surface area contributed by atoms with Crippen LogP contribution in [0.5, 0.6) is 0 Å². The van der Waals surface area contributed by atoms with Crippen molar-refractivity contribution in [2.24, 2.45) is 0 Å². The van der Waals surface area contributed by atoms with Crippen LogP contribution in [0.3, 0.4) is 0 Å². The molecule has 21 heavy (non-hydrogen) atoms. The molecular weight excluding hydrogens is 268 g/mol. The first-order valence-electron chi connectivity index (χ1n) is 7.62. The van der Waals surface area contributed by atoms with Gasteiger partial charge in [0.25, 0.3) is 0 Å². The number of nitrogens with zero attached hydrogens (tertiary/aromatic N) is 1. The first-order chi connectivity index (χ1) is 10.2. The van der Waals surface area contributed by atoms with Crippen molar-refractivity contribution in [1.29, 1.82) is 0 Å². The third-order valence-electron chi connectivity index (χ3n) is 3.98. The Morgan fingerprint density at radius 2 is 2.29 bits per heavy atom. The lowest BCUT2D eigenvalue weighted by molar-refractivity contribution is 0.0527. The fourth-order valence-electron chi connectivity index (χ4n) is 2.96. The molecule has 3 N–H and O–H groups in total. The van der Waals surface area contributed by atoms with E-state index in [1.807, 2.05) is 12.1 Å². The summed E-state index contributed by atoms with van der Waals surface area (Å²) in [5.41, 5.74) is 7.96. The van der Waals surface area contributed by atoms with Crippen LogP contribution in [0.4, 0.5) is 11.4 Å². The van der Waals surface area contributed by atoms with Crippen molar-refractivity contribution >= 4 is 17.3 Å². The van der Waals surface area contributed by atoms with Crippen LogP contribution < -0.4 is 10.6 Å². The van der Waals surface area contributed by atoms with E-state index in [4.69, 9.17) is 10.5 Å². The van der Waals surface area contributed by atoms with Crippen LogP contribution >= 0.6 is 0 Å². The Kier molecular flexibility index (Phi) is 5.44. The van der Waals surface area contributed by atoms with E-state index in [9.17, 15) is 9.90 Å². The highest BCUT2D eigenvalue weighted by Gasteiger charge is 2.25. The molecule has 0 amide bonds. The molecule has 1 fully saturated rings. The van der Waals surface area contributed by atoms with Crippen LogP contribution in [0, 0.1) is 0 Å². The van der Waals surface area contributed by atoms with Crippen molar-refractivity contribution in [2.75, 3.05) is 30.4 Å². The highest BCUT2D eigenvalue weighted by atomic mass is 16.5. The van der Waals surface area contributed by atoms with Crippen LogP contribution in [0.15, 0.2) is 18.2 Å². The Hall–Kier alpha value is -1.75.